The van der Waals surface area contributed by atoms with Crippen molar-refractivity contribution in [3.05, 3.63) is 85.2 Å². The van der Waals surface area contributed by atoms with E-state index in [9.17, 15) is 4.79 Å². The summed E-state index contributed by atoms with van der Waals surface area (Å²) in [4.78, 5) is 16.8. The van der Waals surface area contributed by atoms with E-state index < -0.39 is 0 Å². The van der Waals surface area contributed by atoms with Crippen LogP contribution in [0, 0.1) is 0 Å². The minimum absolute atomic E-state index is 0.0139. The van der Waals surface area contributed by atoms with E-state index >= 15 is 0 Å². The molecule has 1 aromatic heterocycles. The topological polar surface area (TPSA) is 27.4 Å². The number of carbonyl (C=O) groups is 1. The largest absolute Gasteiger partial charge is 0.377 e. The lowest BCUT2D eigenvalue weighted by atomic mass is 10.2. The third-order valence-electron chi connectivity index (χ3n) is 3.99. The summed E-state index contributed by atoms with van der Waals surface area (Å²) < 4.78 is 1.90. The Morgan fingerprint density at radius 2 is 1.24 bits per heavy atom. The number of benzene rings is 2. The van der Waals surface area contributed by atoms with Crippen LogP contribution in [0.15, 0.2) is 85.2 Å². The molecule has 0 aliphatic rings. The Kier molecular flexibility index (Phi) is 5.09. The summed E-state index contributed by atoms with van der Waals surface area (Å²) in [5, 5.41) is 0. The van der Waals surface area contributed by atoms with Crippen molar-refractivity contribution >= 4 is 23.0 Å². The van der Waals surface area contributed by atoms with E-state index in [1.54, 1.807) is 4.90 Å². The molecule has 3 rings (SSSR count). The number of rotatable bonds is 5. The number of hydrogen-bond donors (Lipinski definition) is 0. The average Bonchev–Trinajstić information content (AvgIpc) is 2.64. The van der Waals surface area contributed by atoms with Crippen LogP contribution in [-0.2, 0) is 11.3 Å². The van der Waals surface area contributed by atoms with Gasteiger partial charge in [-0.1, -0.05) is 36.4 Å². The van der Waals surface area contributed by atoms with Gasteiger partial charge in [0.25, 0.3) is 5.91 Å². The Balaban J connectivity index is 1.87. The van der Waals surface area contributed by atoms with E-state index in [0.29, 0.717) is 0 Å². The van der Waals surface area contributed by atoms with Crippen molar-refractivity contribution in [2.45, 2.75) is 6.54 Å². The molecule has 1 heterocycles. The lowest BCUT2D eigenvalue weighted by molar-refractivity contribution is -0.684. The minimum Gasteiger partial charge on any atom is -0.377 e. The second-order valence-electron chi connectivity index (χ2n) is 6.02. The normalized spacial score (nSPS) is 10.3. The van der Waals surface area contributed by atoms with E-state index in [4.69, 9.17) is 0 Å². The van der Waals surface area contributed by atoms with Gasteiger partial charge in [-0.2, -0.15) is 4.57 Å². The summed E-state index contributed by atoms with van der Waals surface area (Å²) >= 11 is 0. The zero-order valence-corrected chi connectivity index (χ0v) is 14.5. The highest BCUT2D eigenvalue weighted by Gasteiger charge is 2.21. The van der Waals surface area contributed by atoms with Crippen LogP contribution in [0.25, 0.3) is 0 Å². The molecule has 4 heteroatoms. The van der Waals surface area contributed by atoms with Gasteiger partial charge in [-0.25, -0.2) is 0 Å². The third kappa shape index (κ3) is 4.04. The highest BCUT2D eigenvalue weighted by atomic mass is 16.2. The molecule has 0 atom stereocenters. The van der Waals surface area contributed by atoms with Crippen LogP contribution in [0.2, 0.25) is 0 Å². The van der Waals surface area contributed by atoms with Crippen molar-refractivity contribution in [2.75, 3.05) is 23.9 Å². The molecule has 0 N–H and O–H groups in total. The Bertz CT molecular complexity index is 775. The predicted octanol–water partition coefficient (Wildman–Crippen LogP) is 3.41. The molecule has 0 aliphatic heterocycles. The van der Waals surface area contributed by atoms with Gasteiger partial charge in [0.1, 0.15) is 0 Å². The van der Waals surface area contributed by atoms with Gasteiger partial charge in [0, 0.05) is 43.3 Å². The van der Waals surface area contributed by atoms with Crippen molar-refractivity contribution in [1.29, 1.82) is 0 Å². The Morgan fingerprint density at radius 3 is 1.68 bits per heavy atom. The molecule has 4 nitrogen and oxygen atoms in total. The molecule has 3 aromatic rings. The molecule has 0 saturated heterocycles. The van der Waals surface area contributed by atoms with Crippen LogP contribution in [0.3, 0.4) is 0 Å². The maximum Gasteiger partial charge on any atom is 0.297 e. The highest BCUT2D eigenvalue weighted by Crippen LogP contribution is 2.25. The van der Waals surface area contributed by atoms with Gasteiger partial charge < -0.3 is 4.90 Å². The molecule has 0 saturated carbocycles. The molecule has 0 fully saturated rings. The van der Waals surface area contributed by atoms with Crippen molar-refractivity contribution in [3.63, 3.8) is 0 Å². The van der Waals surface area contributed by atoms with Gasteiger partial charge in [-0.05, 0) is 24.3 Å². The molecule has 126 valence electrons. The lowest BCUT2D eigenvalue weighted by Gasteiger charge is -2.21. The lowest BCUT2D eigenvalue weighted by Crippen LogP contribution is -2.43. The van der Waals surface area contributed by atoms with Crippen LogP contribution >= 0.6 is 0 Å². The maximum absolute atomic E-state index is 13.0. The Morgan fingerprint density at radius 1 is 0.760 bits per heavy atom. The fourth-order valence-corrected chi connectivity index (χ4v) is 2.67. The van der Waals surface area contributed by atoms with Gasteiger partial charge in [0.15, 0.2) is 12.4 Å². The molecule has 0 aliphatic carbocycles. The summed E-state index contributed by atoms with van der Waals surface area (Å²) in [5.74, 6) is 0.0139. The fraction of sp³-hybridized carbons (Fsp3) is 0.143. The number of anilines is 3. The van der Waals surface area contributed by atoms with Crippen molar-refractivity contribution in [2.24, 2.45) is 0 Å². The zero-order valence-electron chi connectivity index (χ0n) is 14.5. The average molecular weight is 332 g/mol. The highest BCUT2D eigenvalue weighted by molar-refractivity contribution is 5.99. The van der Waals surface area contributed by atoms with E-state index in [0.717, 1.165) is 17.1 Å². The first-order valence-corrected chi connectivity index (χ1v) is 8.24. The molecule has 0 radical (unpaired) electrons. The number of nitrogens with zero attached hydrogens (tertiary/aromatic N) is 3. The Hall–Kier alpha value is -3.14. The molecule has 2 aromatic carbocycles. The van der Waals surface area contributed by atoms with Gasteiger partial charge in [0.2, 0.25) is 6.54 Å². The molecule has 25 heavy (non-hydrogen) atoms. The number of amides is 1. The van der Waals surface area contributed by atoms with E-state index in [1.165, 1.54) is 0 Å². The van der Waals surface area contributed by atoms with Crippen molar-refractivity contribution in [1.82, 2.24) is 0 Å². The maximum atomic E-state index is 13.0. The smallest absolute Gasteiger partial charge is 0.297 e. The van der Waals surface area contributed by atoms with E-state index in [2.05, 4.69) is 0 Å². The molecule has 0 spiro atoms. The number of pyridine rings is 1. The van der Waals surface area contributed by atoms with Crippen LogP contribution in [-0.4, -0.2) is 20.0 Å². The second kappa shape index (κ2) is 7.62. The summed E-state index contributed by atoms with van der Waals surface area (Å²) in [5.41, 5.74) is 2.83. The van der Waals surface area contributed by atoms with Crippen LogP contribution < -0.4 is 14.4 Å². The van der Waals surface area contributed by atoms with Gasteiger partial charge in [-0.3, -0.25) is 9.69 Å². The SMILES string of the molecule is CN(C)c1cc[n+](CC(=O)N(c2ccccc2)c2ccccc2)cc1. The second-order valence-corrected chi connectivity index (χ2v) is 6.02. The van der Waals surface area contributed by atoms with Gasteiger partial charge >= 0.3 is 0 Å². The van der Waals surface area contributed by atoms with E-state index in [-0.39, 0.29) is 12.5 Å². The van der Waals surface area contributed by atoms with Crippen LogP contribution in [0.4, 0.5) is 17.1 Å². The molecule has 0 bridgehead atoms. The summed E-state index contributed by atoms with van der Waals surface area (Å²) in [6, 6.07) is 23.5. The van der Waals surface area contributed by atoms with E-state index in [1.807, 2.05) is 109 Å². The van der Waals surface area contributed by atoms with Gasteiger partial charge in [-0.15, -0.1) is 0 Å². The summed E-state index contributed by atoms with van der Waals surface area (Å²) in [6.45, 7) is 0.275. The first kappa shape index (κ1) is 16.7. The van der Waals surface area contributed by atoms with Gasteiger partial charge in [0.05, 0.1) is 0 Å². The quantitative estimate of drug-likeness (QED) is 0.670. The van der Waals surface area contributed by atoms with Crippen LogP contribution in [0.1, 0.15) is 0 Å². The third-order valence-corrected chi connectivity index (χ3v) is 3.99. The molecular formula is C21H22N3O+. The molecular weight excluding hydrogens is 310 g/mol. The Labute approximate surface area is 148 Å². The monoisotopic (exact) mass is 332 g/mol. The summed E-state index contributed by atoms with van der Waals surface area (Å²) in [6.07, 6.45) is 3.86. The fourth-order valence-electron chi connectivity index (χ4n) is 2.67. The number of aromatic nitrogens is 1. The first-order valence-electron chi connectivity index (χ1n) is 8.24. The minimum atomic E-state index is 0.0139. The predicted molar refractivity (Wildman–Crippen MR) is 101 cm³/mol. The van der Waals surface area contributed by atoms with Crippen LogP contribution in [0.5, 0.6) is 0 Å². The number of para-hydroxylation sites is 2. The molecule has 0 unspecified atom stereocenters. The number of carbonyl (C=O) groups excluding carboxylic acids is 1. The summed E-state index contributed by atoms with van der Waals surface area (Å²) in [7, 11) is 3.99. The van der Waals surface area contributed by atoms with Crippen molar-refractivity contribution in [3.8, 4) is 0 Å². The standard InChI is InChI=1S/C21H22N3O/c1-22(2)18-13-15-23(16-14-18)17-21(25)24(19-9-5-3-6-10-19)20-11-7-4-8-12-20/h3-16H,17H2,1-2H3/q+1. The molecule has 1 amide bonds. The number of hydrogen-bond acceptors (Lipinski definition) is 2. The zero-order chi connectivity index (χ0) is 17.6. The first-order chi connectivity index (χ1) is 12.1. The van der Waals surface area contributed by atoms with Crippen molar-refractivity contribution < 1.29 is 9.36 Å².